The van der Waals surface area contributed by atoms with Crippen molar-refractivity contribution in [2.75, 3.05) is 14.2 Å². The summed E-state index contributed by atoms with van der Waals surface area (Å²) in [5.74, 6) is -8.00. The van der Waals surface area contributed by atoms with Crippen LogP contribution in [0.5, 0.6) is 28.7 Å². The number of ketones is 2. The van der Waals surface area contributed by atoms with Gasteiger partial charge in [-0.1, -0.05) is 0 Å². The second kappa shape index (κ2) is 7.98. The lowest BCUT2D eigenvalue weighted by molar-refractivity contribution is -0.170. The van der Waals surface area contributed by atoms with Crippen molar-refractivity contribution in [2.24, 2.45) is 0 Å². The molecule has 13 nitrogen and oxygen atoms in total. The molecule has 1 spiro atoms. The van der Waals surface area contributed by atoms with Crippen LogP contribution in [-0.2, 0) is 9.47 Å². The van der Waals surface area contributed by atoms with Crippen LogP contribution in [0.15, 0.2) is 38.7 Å². The van der Waals surface area contributed by atoms with E-state index >= 15 is 0 Å². The zero-order valence-corrected chi connectivity index (χ0v) is 20.2. The highest BCUT2D eigenvalue weighted by Crippen LogP contribution is 2.54. The minimum atomic E-state index is -1.86. The molecule has 3 aliphatic rings. The van der Waals surface area contributed by atoms with Gasteiger partial charge in [0, 0.05) is 11.6 Å². The quantitative estimate of drug-likeness (QED) is 0.273. The van der Waals surface area contributed by atoms with E-state index in [-0.39, 0.29) is 46.2 Å². The predicted molar refractivity (Wildman–Crippen MR) is 126 cm³/mol. The summed E-state index contributed by atoms with van der Waals surface area (Å²) >= 11 is 0. The van der Waals surface area contributed by atoms with Crippen LogP contribution < -0.4 is 15.1 Å². The average molecular weight is 538 g/mol. The maximum atomic E-state index is 13.3. The first-order valence-electron chi connectivity index (χ1n) is 11.4. The summed E-state index contributed by atoms with van der Waals surface area (Å²) in [7, 11) is 2.29. The monoisotopic (exact) mass is 538 g/mol. The first-order chi connectivity index (χ1) is 18.5. The van der Waals surface area contributed by atoms with Crippen molar-refractivity contribution >= 4 is 28.3 Å². The molecular formula is C26H18O13. The minimum absolute atomic E-state index is 0.0430. The molecule has 0 unspecified atom stereocenters. The van der Waals surface area contributed by atoms with E-state index in [9.17, 15) is 39.6 Å². The fraction of sp³-hybridized carbons (Fsp3) is 0.231. The second-order valence-electron chi connectivity index (χ2n) is 9.17. The number of aromatic hydroxyl groups is 3. The summed E-state index contributed by atoms with van der Waals surface area (Å²) < 4.78 is 26.2. The molecule has 1 aromatic heterocycles. The SMILES string of the molecule is COC(=O)c1cc2cc3c(c(O)c2c(=O)o1)O[C@@]1(CC2=C(O1)C(=O)c1c(O)c(OC)cc(O)c1C2=O)C[C@@H]3O. The Balaban J connectivity index is 1.43. The summed E-state index contributed by atoms with van der Waals surface area (Å²) in [5, 5.41) is 42.6. The van der Waals surface area contributed by atoms with E-state index in [1.54, 1.807) is 0 Å². The molecule has 0 bridgehead atoms. The molecule has 3 aromatic rings. The van der Waals surface area contributed by atoms with Crippen molar-refractivity contribution in [1.29, 1.82) is 0 Å². The van der Waals surface area contributed by atoms with Crippen LogP contribution >= 0.6 is 0 Å². The number of aliphatic hydroxyl groups is 1. The van der Waals surface area contributed by atoms with Crippen molar-refractivity contribution in [3.05, 3.63) is 62.4 Å². The number of hydrogen-bond donors (Lipinski definition) is 4. The van der Waals surface area contributed by atoms with Crippen molar-refractivity contribution in [3.8, 4) is 28.7 Å². The van der Waals surface area contributed by atoms with Gasteiger partial charge in [-0.25, -0.2) is 9.59 Å². The van der Waals surface area contributed by atoms with Gasteiger partial charge >= 0.3 is 11.6 Å². The Hall–Kier alpha value is -5.04. The van der Waals surface area contributed by atoms with Gasteiger partial charge in [0.05, 0.1) is 49.9 Å². The van der Waals surface area contributed by atoms with E-state index < -0.39 is 74.9 Å². The Morgan fingerprint density at radius 2 is 1.74 bits per heavy atom. The lowest BCUT2D eigenvalue weighted by atomic mass is 9.84. The third-order valence-corrected chi connectivity index (χ3v) is 6.95. The van der Waals surface area contributed by atoms with Gasteiger partial charge < -0.3 is 43.8 Å². The molecular weight excluding hydrogens is 520 g/mol. The number of Topliss-reactive ketones (excluding diaryl/α,β-unsaturated/α-hetero) is 2. The Bertz CT molecular complexity index is 1760. The number of benzene rings is 2. The van der Waals surface area contributed by atoms with Crippen molar-refractivity contribution in [1.82, 2.24) is 0 Å². The summed E-state index contributed by atoms with van der Waals surface area (Å²) in [6.45, 7) is 0. The predicted octanol–water partition coefficient (Wildman–Crippen LogP) is 1.97. The molecule has 0 fully saturated rings. The van der Waals surface area contributed by atoms with Crippen LogP contribution in [-0.4, -0.2) is 58.0 Å². The molecule has 2 atom stereocenters. The van der Waals surface area contributed by atoms with Crippen LogP contribution in [0, 0.1) is 0 Å². The smallest absolute Gasteiger partial charge is 0.374 e. The highest BCUT2D eigenvalue weighted by Gasteiger charge is 2.55. The van der Waals surface area contributed by atoms with E-state index in [0.717, 1.165) is 19.2 Å². The molecule has 2 aliphatic heterocycles. The Morgan fingerprint density at radius 1 is 1.00 bits per heavy atom. The average Bonchev–Trinajstić information content (AvgIpc) is 3.27. The lowest BCUT2D eigenvalue weighted by Crippen LogP contribution is -2.41. The van der Waals surface area contributed by atoms with Crippen LogP contribution in [0.3, 0.4) is 0 Å². The summed E-state index contributed by atoms with van der Waals surface area (Å²) in [6.07, 6.45) is -2.07. The van der Waals surface area contributed by atoms with Crippen molar-refractivity contribution < 1.29 is 58.2 Å². The topological polar surface area (TPSA) is 199 Å². The molecule has 200 valence electrons. The van der Waals surface area contributed by atoms with Crippen LogP contribution in [0.4, 0.5) is 0 Å². The normalized spacial score (nSPS) is 21.3. The molecule has 3 heterocycles. The van der Waals surface area contributed by atoms with Crippen molar-refractivity contribution in [2.45, 2.75) is 24.7 Å². The van der Waals surface area contributed by atoms with Gasteiger partial charge in [0.25, 0.3) is 5.79 Å². The molecule has 39 heavy (non-hydrogen) atoms. The number of phenolic OH excluding ortho intramolecular Hbond substituents is 3. The summed E-state index contributed by atoms with van der Waals surface area (Å²) in [5.41, 5.74) is -2.18. The second-order valence-corrected chi connectivity index (χ2v) is 9.17. The molecule has 2 aromatic carbocycles. The Kier molecular flexibility index (Phi) is 4.97. The van der Waals surface area contributed by atoms with Crippen LogP contribution in [0.2, 0.25) is 0 Å². The number of fused-ring (bicyclic) bond motifs is 3. The molecule has 0 saturated carbocycles. The molecule has 0 saturated heterocycles. The van der Waals surface area contributed by atoms with Gasteiger partial charge in [-0.05, 0) is 17.5 Å². The highest BCUT2D eigenvalue weighted by molar-refractivity contribution is 6.28. The van der Waals surface area contributed by atoms with E-state index in [2.05, 4.69) is 4.74 Å². The van der Waals surface area contributed by atoms with E-state index in [0.29, 0.717) is 0 Å². The number of aliphatic hydroxyl groups excluding tert-OH is 1. The highest BCUT2D eigenvalue weighted by atomic mass is 16.7. The summed E-state index contributed by atoms with van der Waals surface area (Å²) in [4.78, 5) is 51.1. The molecule has 6 rings (SSSR count). The lowest BCUT2D eigenvalue weighted by Gasteiger charge is -2.37. The molecule has 1 aliphatic carbocycles. The van der Waals surface area contributed by atoms with Gasteiger partial charge in [0.15, 0.2) is 34.5 Å². The third kappa shape index (κ3) is 3.23. The number of esters is 1. The molecule has 13 heteroatoms. The zero-order valence-electron chi connectivity index (χ0n) is 20.2. The van der Waals surface area contributed by atoms with Gasteiger partial charge in [0.2, 0.25) is 11.5 Å². The molecule has 0 amide bonds. The first-order valence-corrected chi connectivity index (χ1v) is 11.4. The van der Waals surface area contributed by atoms with E-state index in [4.69, 9.17) is 18.6 Å². The Morgan fingerprint density at radius 3 is 2.44 bits per heavy atom. The van der Waals surface area contributed by atoms with Gasteiger partial charge in [-0.3, -0.25) is 9.59 Å². The fourth-order valence-electron chi connectivity index (χ4n) is 5.21. The number of allylic oxidation sites excluding steroid dienone is 1. The van der Waals surface area contributed by atoms with Gasteiger partial charge in [-0.2, -0.15) is 0 Å². The maximum Gasteiger partial charge on any atom is 0.374 e. The number of hydrogen-bond acceptors (Lipinski definition) is 13. The van der Waals surface area contributed by atoms with Crippen LogP contribution in [0.25, 0.3) is 10.8 Å². The first kappa shape index (κ1) is 24.3. The van der Waals surface area contributed by atoms with E-state index in [1.165, 1.54) is 13.2 Å². The number of rotatable bonds is 2. The number of carbonyl (C=O) groups excluding carboxylic acids is 3. The molecule has 0 radical (unpaired) electrons. The number of carbonyl (C=O) groups is 3. The van der Waals surface area contributed by atoms with Crippen molar-refractivity contribution in [3.63, 3.8) is 0 Å². The maximum absolute atomic E-state index is 13.3. The largest absolute Gasteiger partial charge is 0.507 e. The third-order valence-electron chi connectivity index (χ3n) is 6.95. The number of ether oxygens (including phenoxy) is 4. The molecule has 4 N–H and O–H groups in total. The van der Waals surface area contributed by atoms with Gasteiger partial charge in [-0.15, -0.1) is 0 Å². The van der Waals surface area contributed by atoms with E-state index in [1.807, 2.05) is 0 Å². The summed E-state index contributed by atoms with van der Waals surface area (Å²) in [6, 6.07) is 3.48. The Labute approximate surface area is 217 Å². The zero-order chi connectivity index (χ0) is 28.0. The minimum Gasteiger partial charge on any atom is -0.507 e. The van der Waals surface area contributed by atoms with Crippen LogP contribution in [0.1, 0.15) is 55.8 Å². The fourth-order valence-corrected chi connectivity index (χ4v) is 5.21. The standard InChI is InChI=1S/C26H18O13/c1-35-13-5-11(27)16-17(19(13)30)21(32)23-10(18(16)29)6-26(39-23)7-12(28)9-3-8-4-14(24(33)36-2)37-25(34)15(8)20(31)22(9)38-26/h3-5,12,27-28,30-31H,6-7H2,1-2H3/t12-,26+/m0/s1. The van der Waals surface area contributed by atoms with Gasteiger partial charge in [0.1, 0.15) is 11.1 Å². The number of methoxy groups -OCH3 is 2. The number of phenols is 3.